The van der Waals surface area contributed by atoms with E-state index in [2.05, 4.69) is 22.8 Å². The first kappa shape index (κ1) is 17.0. The van der Waals surface area contributed by atoms with Gasteiger partial charge in [0.05, 0.1) is 11.0 Å². The van der Waals surface area contributed by atoms with Crippen molar-refractivity contribution >= 4 is 22.8 Å². The number of rotatable bonds is 3. The maximum atomic E-state index is 13.0. The predicted molar refractivity (Wildman–Crippen MR) is 98.1 cm³/mol. The van der Waals surface area contributed by atoms with Crippen LogP contribution >= 0.6 is 0 Å². The van der Waals surface area contributed by atoms with E-state index in [1.54, 1.807) is 9.13 Å². The molecule has 3 heterocycles. The van der Waals surface area contributed by atoms with E-state index < -0.39 is 6.04 Å². The SMILES string of the molecule is CCn1c(=O)n(C2CCC(=O)NC2=O)c2ccc(C3CCNCC3)cc21. The van der Waals surface area contributed by atoms with E-state index in [1.165, 1.54) is 5.56 Å². The summed E-state index contributed by atoms with van der Waals surface area (Å²) in [5, 5.41) is 5.73. The van der Waals surface area contributed by atoms with Gasteiger partial charge in [-0.15, -0.1) is 0 Å². The van der Waals surface area contributed by atoms with Crippen molar-refractivity contribution in [2.45, 2.75) is 51.1 Å². The molecule has 2 aromatic rings. The molecule has 2 aliphatic heterocycles. The van der Waals surface area contributed by atoms with Crippen LogP contribution in [0.15, 0.2) is 23.0 Å². The van der Waals surface area contributed by atoms with Crippen molar-refractivity contribution in [2.75, 3.05) is 13.1 Å². The third kappa shape index (κ3) is 2.76. The van der Waals surface area contributed by atoms with Gasteiger partial charge in [0.25, 0.3) is 0 Å². The molecule has 7 nitrogen and oxygen atoms in total. The number of nitrogens with one attached hydrogen (secondary N) is 2. The molecule has 0 aliphatic carbocycles. The van der Waals surface area contributed by atoms with Crippen LogP contribution in [-0.2, 0) is 16.1 Å². The first-order chi connectivity index (χ1) is 12.6. The first-order valence-corrected chi connectivity index (χ1v) is 9.39. The minimum absolute atomic E-state index is 0.181. The number of amides is 2. The number of fused-ring (bicyclic) bond motifs is 1. The molecule has 2 amide bonds. The highest BCUT2D eigenvalue weighted by molar-refractivity contribution is 6.00. The second kappa shape index (κ2) is 6.72. The van der Waals surface area contributed by atoms with Crippen LogP contribution in [0.25, 0.3) is 11.0 Å². The van der Waals surface area contributed by atoms with Crippen LogP contribution in [0.2, 0.25) is 0 Å². The van der Waals surface area contributed by atoms with E-state index in [4.69, 9.17) is 0 Å². The van der Waals surface area contributed by atoms with Crippen LogP contribution in [0.1, 0.15) is 50.1 Å². The Labute approximate surface area is 151 Å². The summed E-state index contributed by atoms with van der Waals surface area (Å²) in [5.74, 6) is -0.160. The van der Waals surface area contributed by atoms with Crippen LogP contribution in [0.5, 0.6) is 0 Å². The van der Waals surface area contributed by atoms with Gasteiger partial charge in [0.15, 0.2) is 0 Å². The molecule has 2 fully saturated rings. The maximum Gasteiger partial charge on any atom is 0.329 e. The zero-order chi connectivity index (χ0) is 18.3. The van der Waals surface area contributed by atoms with Gasteiger partial charge < -0.3 is 5.32 Å². The Morgan fingerprint density at radius 3 is 2.54 bits per heavy atom. The van der Waals surface area contributed by atoms with E-state index in [-0.39, 0.29) is 23.9 Å². The smallest absolute Gasteiger partial charge is 0.317 e. The number of carbonyl (C=O) groups excluding carboxylic acids is 2. The van der Waals surface area contributed by atoms with Crippen molar-refractivity contribution in [3.63, 3.8) is 0 Å². The molecule has 2 aliphatic rings. The fourth-order valence-electron chi connectivity index (χ4n) is 4.24. The van der Waals surface area contributed by atoms with Crippen LogP contribution < -0.4 is 16.3 Å². The number of aryl methyl sites for hydroxylation is 1. The summed E-state index contributed by atoms with van der Waals surface area (Å²) < 4.78 is 3.29. The van der Waals surface area contributed by atoms with Gasteiger partial charge >= 0.3 is 5.69 Å². The monoisotopic (exact) mass is 356 g/mol. The van der Waals surface area contributed by atoms with Gasteiger partial charge in [-0.25, -0.2) is 4.79 Å². The average molecular weight is 356 g/mol. The third-order valence-electron chi connectivity index (χ3n) is 5.64. The zero-order valence-electron chi connectivity index (χ0n) is 15.0. The molecule has 0 bridgehead atoms. The molecule has 2 N–H and O–H groups in total. The molecule has 1 atom stereocenters. The normalized spacial score (nSPS) is 22.0. The van der Waals surface area contributed by atoms with E-state index in [0.717, 1.165) is 37.0 Å². The number of nitrogens with zero attached hydrogens (tertiary/aromatic N) is 2. The van der Waals surface area contributed by atoms with Crippen LogP contribution in [0.3, 0.4) is 0 Å². The lowest BCUT2D eigenvalue weighted by Crippen LogP contribution is -2.44. The van der Waals surface area contributed by atoms with Gasteiger partial charge in [-0.3, -0.25) is 24.0 Å². The fraction of sp³-hybridized carbons (Fsp3) is 0.526. The molecule has 1 unspecified atom stereocenters. The van der Waals surface area contributed by atoms with Gasteiger partial charge in [0, 0.05) is 13.0 Å². The molecule has 2 saturated heterocycles. The van der Waals surface area contributed by atoms with Crippen LogP contribution in [-0.4, -0.2) is 34.0 Å². The molecule has 0 saturated carbocycles. The van der Waals surface area contributed by atoms with Gasteiger partial charge in [-0.05, 0) is 62.9 Å². The summed E-state index contributed by atoms with van der Waals surface area (Å²) in [6, 6.07) is 5.53. The Hall–Kier alpha value is -2.41. The van der Waals surface area contributed by atoms with Gasteiger partial charge in [0.1, 0.15) is 6.04 Å². The van der Waals surface area contributed by atoms with Crippen molar-refractivity contribution < 1.29 is 9.59 Å². The fourth-order valence-corrected chi connectivity index (χ4v) is 4.24. The Morgan fingerprint density at radius 2 is 1.85 bits per heavy atom. The summed E-state index contributed by atoms with van der Waals surface area (Å²) in [6.07, 6.45) is 2.81. The summed E-state index contributed by atoms with van der Waals surface area (Å²) in [4.78, 5) is 36.7. The summed E-state index contributed by atoms with van der Waals surface area (Å²) in [6.45, 7) is 4.51. The lowest BCUT2D eigenvalue weighted by atomic mass is 9.90. The molecular formula is C19H24N4O3. The zero-order valence-corrected chi connectivity index (χ0v) is 15.0. The van der Waals surface area contributed by atoms with Crippen molar-refractivity contribution in [1.29, 1.82) is 0 Å². The second-order valence-corrected chi connectivity index (χ2v) is 7.14. The number of aromatic nitrogens is 2. The third-order valence-corrected chi connectivity index (χ3v) is 5.64. The van der Waals surface area contributed by atoms with Crippen LogP contribution in [0.4, 0.5) is 0 Å². The maximum absolute atomic E-state index is 13.0. The quantitative estimate of drug-likeness (QED) is 0.811. The molecule has 7 heteroatoms. The van der Waals surface area contributed by atoms with Gasteiger partial charge in [0.2, 0.25) is 11.8 Å². The van der Waals surface area contributed by atoms with E-state index in [9.17, 15) is 14.4 Å². The van der Waals surface area contributed by atoms with Crippen LogP contribution in [0, 0.1) is 0 Å². The van der Waals surface area contributed by atoms with Crippen molar-refractivity contribution in [1.82, 2.24) is 19.8 Å². The van der Waals surface area contributed by atoms with Crippen molar-refractivity contribution in [2.24, 2.45) is 0 Å². The molecule has 1 aromatic carbocycles. The second-order valence-electron chi connectivity index (χ2n) is 7.14. The number of imidazole rings is 1. The minimum atomic E-state index is -0.625. The Kier molecular flexibility index (Phi) is 4.40. The first-order valence-electron chi connectivity index (χ1n) is 9.39. The molecule has 4 rings (SSSR count). The largest absolute Gasteiger partial charge is 0.329 e. The summed E-state index contributed by atoms with van der Waals surface area (Å²) >= 11 is 0. The Morgan fingerprint density at radius 1 is 1.08 bits per heavy atom. The molecule has 0 radical (unpaired) electrons. The minimum Gasteiger partial charge on any atom is -0.317 e. The standard InChI is InChI=1S/C19H24N4O3/c1-2-22-16-11-13(12-7-9-20-10-8-12)3-4-14(16)23(19(22)26)15-5-6-17(24)21-18(15)25/h3-4,11-12,15,20H,2,5-10H2,1H3,(H,21,24,25). The number of imide groups is 1. The predicted octanol–water partition coefficient (Wildman–Crippen LogP) is 1.27. The molecule has 0 spiro atoms. The average Bonchev–Trinajstić information content (AvgIpc) is 2.93. The number of benzene rings is 1. The number of carbonyl (C=O) groups is 2. The van der Waals surface area contributed by atoms with E-state index >= 15 is 0 Å². The van der Waals surface area contributed by atoms with Crippen molar-refractivity contribution in [3.05, 3.63) is 34.2 Å². The lowest BCUT2D eigenvalue weighted by molar-refractivity contribution is -0.135. The molecular weight excluding hydrogens is 332 g/mol. The Balaban J connectivity index is 1.81. The highest BCUT2D eigenvalue weighted by atomic mass is 16.2. The molecule has 26 heavy (non-hydrogen) atoms. The Bertz CT molecular complexity index is 921. The number of hydrogen-bond donors (Lipinski definition) is 2. The van der Waals surface area contributed by atoms with E-state index in [0.29, 0.717) is 18.9 Å². The van der Waals surface area contributed by atoms with Crippen molar-refractivity contribution in [3.8, 4) is 0 Å². The van der Waals surface area contributed by atoms with Gasteiger partial charge in [-0.1, -0.05) is 6.07 Å². The highest BCUT2D eigenvalue weighted by Gasteiger charge is 2.31. The molecule has 138 valence electrons. The lowest BCUT2D eigenvalue weighted by Gasteiger charge is -2.23. The number of hydrogen-bond acceptors (Lipinski definition) is 4. The van der Waals surface area contributed by atoms with Gasteiger partial charge in [-0.2, -0.15) is 0 Å². The summed E-state index contributed by atoms with van der Waals surface area (Å²) in [7, 11) is 0. The summed E-state index contributed by atoms with van der Waals surface area (Å²) in [5.41, 5.74) is 2.71. The van der Waals surface area contributed by atoms with E-state index in [1.807, 2.05) is 13.0 Å². The number of piperidine rings is 2. The molecule has 1 aromatic heterocycles. The highest BCUT2D eigenvalue weighted by Crippen LogP contribution is 2.29. The topological polar surface area (TPSA) is 85.1 Å².